The Hall–Kier alpha value is -2.37. The zero-order chi connectivity index (χ0) is 18.2. The van der Waals surface area contributed by atoms with Gasteiger partial charge in [-0.25, -0.2) is 14.8 Å². The van der Waals surface area contributed by atoms with E-state index in [1.54, 1.807) is 6.33 Å². The standard InChI is InChI=1S/C19H26N4O2/c1-13-10-22(11-14(2)23(13)18(24)25-19(3,4)5)17-8-6-7-16-15(17)9-20-12-21-16/h6-9,12-14H,10-11H2,1-5H3/t13-,14+. The van der Waals surface area contributed by atoms with Gasteiger partial charge in [-0.1, -0.05) is 6.07 Å². The second-order valence-electron chi connectivity index (χ2n) is 7.72. The number of nitrogens with zero attached hydrogens (tertiary/aromatic N) is 4. The lowest BCUT2D eigenvalue weighted by Crippen LogP contribution is -2.59. The van der Waals surface area contributed by atoms with E-state index in [1.807, 2.05) is 44.0 Å². The van der Waals surface area contributed by atoms with Crippen LogP contribution in [0, 0.1) is 0 Å². The van der Waals surface area contributed by atoms with E-state index >= 15 is 0 Å². The van der Waals surface area contributed by atoms with E-state index < -0.39 is 5.60 Å². The second-order valence-corrected chi connectivity index (χ2v) is 7.72. The van der Waals surface area contributed by atoms with Crippen molar-refractivity contribution in [1.82, 2.24) is 14.9 Å². The van der Waals surface area contributed by atoms with Gasteiger partial charge in [0.05, 0.1) is 17.6 Å². The van der Waals surface area contributed by atoms with Crippen LogP contribution in [0.15, 0.2) is 30.7 Å². The fourth-order valence-electron chi connectivity index (χ4n) is 3.46. The quantitative estimate of drug-likeness (QED) is 0.794. The summed E-state index contributed by atoms with van der Waals surface area (Å²) in [6.07, 6.45) is 3.18. The first-order chi connectivity index (χ1) is 11.8. The summed E-state index contributed by atoms with van der Waals surface area (Å²) in [4.78, 5) is 25.2. The molecule has 1 aromatic carbocycles. The molecule has 1 amide bonds. The number of ether oxygens (including phenoxy) is 1. The summed E-state index contributed by atoms with van der Waals surface area (Å²) in [6.45, 7) is 11.3. The molecule has 1 fully saturated rings. The molecule has 0 aliphatic carbocycles. The molecule has 0 radical (unpaired) electrons. The number of piperazine rings is 1. The van der Waals surface area contributed by atoms with Crippen molar-refractivity contribution in [2.75, 3.05) is 18.0 Å². The van der Waals surface area contributed by atoms with Crippen LogP contribution in [0.5, 0.6) is 0 Å². The van der Waals surface area contributed by atoms with Crippen molar-refractivity contribution >= 4 is 22.7 Å². The van der Waals surface area contributed by atoms with Gasteiger partial charge in [0.2, 0.25) is 0 Å². The monoisotopic (exact) mass is 342 g/mol. The first kappa shape index (κ1) is 17.5. The lowest BCUT2D eigenvalue weighted by Gasteiger charge is -2.45. The number of amides is 1. The number of hydrogen-bond acceptors (Lipinski definition) is 5. The zero-order valence-corrected chi connectivity index (χ0v) is 15.6. The van der Waals surface area contributed by atoms with Crippen LogP contribution < -0.4 is 4.90 Å². The maximum absolute atomic E-state index is 12.6. The lowest BCUT2D eigenvalue weighted by atomic mass is 10.1. The number of hydrogen-bond donors (Lipinski definition) is 0. The van der Waals surface area contributed by atoms with Gasteiger partial charge in [-0.2, -0.15) is 0 Å². The highest BCUT2D eigenvalue weighted by molar-refractivity contribution is 5.91. The van der Waals surface area contributed by atoms with Crippen molar-refractivity contribution in [3.05, 3.63) is 30.7 Å². The summed E-state index contributed by atoms with van der Waals surface area (Å²) >= 11 is 0. The van der Waals surface area contributed by atoms with Crippen LogP contribution in [0.2, 0.25) is 0 Å². The number of carbonyl (C=O) groups excluding carboxylic acids is 1. The molecule has 1 aromatic heterocycles. The molecule has 6 nitrogen and oxygen atoms in total. The van der Waals surface area contributed by atoms with Gasteiger partial charge in [-0.3, -0.25) is 4.90 Å². The van der Waals surface area contributed by atoms with Gasteiger partial charge in [0.25, 0.3) is 0 Å². The first-order valence-electron chi connectivity index (χ1n) is 8.71. The van der Waals surface area contributed by atoms with E-state index in [4.69, 9.17) is 4.74 Å². The summed E-state index contributed by atoms with van der Waals surface area (Å²) in [6, 6.07) is 6.20. The predicted octanol–water partition coefficient (Wildman–Crippen LogP) is 3.46. The van der Waals surface area contributed by atoms with Crippen LogP contribution in [-0.4, -0.2) is 51.7 Å². The molecule has 0 saturated carbocycles. The Bertz CT molecular complexity index is 754. The minimum atomic E-state index is -0.485. The zero-order valence-electron chi connectivity index (χ0n) is 15.6. The number of fused-ring (bicyclic) bond motifs is 1. The second kappa shape index (κ2) is 6.50. The normalized spacial score (nSPS) is 21.5. The number of aromatic nitrogens is 2. The maximum Gasteiger partial charge on any atom is 0.410 e. The molecule has 0 unspecified atom stereocenters. The molecule has 2 aromatic rings. The van der Waals surface area contributed by atoms with E-state index in [0.29, 0.717) is 0 Å². The van der Waals surface area contributed by atoms with Crippen molar-refractivity contribution < 1.29 is 9.53 Å². The third-order valence-electron chi connectivity index (χ3n) is 4.39. The van der Waals surface area contributed by atoms with E-state index in [1.165, 1.54) is 0 Å². The van der Waals surface area contributed by atoms with E-state index in [-0.39, 0.29) is 18.2 Å². The fraction of sp³-hybridized carbons (Fsp3) is 0.526. The van der Waals surface area contributed by atoms with E-state index in [2.05, 4.69) is 34.8 Å². The van der Waals surface area contributed by atoms with Gasteiger partial charge < -0.3 is 9.64 Å². The lowest BCUT2D eigenvalue weighted by molar-refractivity contribution is 0.00568. The highest BCUT2D eigenvalue weighted by Gasteiger charge is 2.35. The Kier molecular flexibility index (Phi) is 4.54. The third kappa shape index (κ3) is 3.67. The number of benzene rings is 1. The van der Waals surface area contributed by atoms with E-state index in [0.717, 1.165) is 29.7 Å². The first-order valence-corrected chi connectivity index (χ1v) is 8.71. The molecule has 0 N–H and O–H groups in total. The van der Waals surface area contributed by atoms with Crippen molar-refractivity contribution in [3.8, 4) is 0 Å². The molecule has 1 saturated heterocycles. The molecule has 1 aliphatic rings. The Labute approximate surface area is 148 Å². The van der Waals surface area contributed by atoms with Gasteiger partial charge in [0, 0.05) is 30.4 Å². The van der Waals surface area contributed by atoms with Gasteiger partial charge in [0.1, 0.15) is 11.9 Å². The highest BCUT2D eigenvalue weighted by Crippen LogP contribution is 2.29. The molecule has 3 rings (SSSR count). The summed E-state index contributed by atoms with van der Waals surface area (Å²) < 4.78 is 5.58. The van der Waals surface area contributed by atoms with Crippen molar-refractivity contribution in [3.63, 3.8) is 0 Å². The number of carbonyl (C=O) groups is 1. The summed E-state index contributed by atoms with van der Waals surface area (Å²) in [5, 5.41) is 1.04. The summed E-state index contributed by atoms with van der Waals surface area (Å²) in [7, 11) is 0. The van der Waals surface area contributed by atoms with Crippen LogP contribution in [0.4, 0.5) is 10.5 Å². The van der Waals surface area contributed by atoms with Crippen LogP contribution in [0.1, 0.15) is 34.6 Å². The van der Waals surface area contributed by atoms with E-state index in [9.17, 15) is 4.79 Å². The van der Waals surface area contributed by atoms with Crippen molar-refractivity contribution in [2.45, 2.75) is 52.3 Å². The molecular formula is C19H26N4O2. The van der Waals surface area contributed by atoms with Crippen LogP contribution >= 0.6 is 0 Å². The topological polar surface area (TPSA) is 58.6 Å². The maximum atomic E-state index is 12.6. The number of rotatable bonds is 1. The molecular weight excluding hydrogens is 316 g/mol. The largest absolute Gasteiger partial charge is 0.444 e. The Morgan fingerprint density at radius 3 is 2.52 bits per heavy atom. The average molecular weight is 342 g/mol. The molecule has 0 spiro atoms. The average Bonchev–Trinajstić information content (AvgIpc) is 2.52. The van der Waals surface area contributed by atoms with Gasteiger partial charge in [0.15, 0.2) is 0 Å². The van der Waals surface area contributed by atoms with Crippen LogP contribution in [-0.2, 0) is 4.74 Å². The summed E-state index contributed by atoms with van der Waals surface area (Å²) in [5.74, 6) is 0. The minimum Gasteiger partial charge on any atom is -0.444 e. The highest BCUT2D eigenvalue weighted by atomic mass is 16.6. The Morgan fingerprint density at radius 2 is 1.88 bits per heavy atom. The molecule has 0 bridgehead atoms. The molecule has 2 heterocycles. The Morgan fingerprint density at radius 1 is 1.20 bits per heavy atom. The third-order valence-corrected chi connectivity index (χ3v) is 4.39. The predicted molar refractivity (Wildman–Crippen MR) is 98.7 cm³/mol. The van der Waals surface area contributed by atoms with Gasteiger partial charge >= 0.3 is 6.09 Å². The molecule has 2 atom stereocenters. The SMILES string of the molecule is C[C@@H]1CN(c2cccc3ncncc23)C[C@H](C)N1C(=O)OC(C)(C)C. The van der Waals surface area contributed by atoms with Crippen LogP contribution in [0.25, 0.3) is 10.9 Å². The van der Waals surface area contributed by atoms with Crippen molar-refractivity contribution in [1.29, 1.82) is 0 Å². The van der Waals surface area contributed by atoms with Crippen LogP contribution in [0.3, 0.4) is 0 Å². The number of anilines is 1. The fourth-order valence-corrected chi connectivity index (χ4v) is 3.46. The van der Waals surface area contributed by atoms with Gasteiger partial charge in [-0.15, -0.1) is 0 Å². The molecule has 25 heavy (non-hydrogen) atoms. The smallest absolute Gasteiger partial charge is 0.410 e. The molecule has 134 valence electrons. The molecule has 1 aliphatic heterocycles. The van der Waals surface area contributed by atoms with Crippen molar-refractivity contribution in [2.24, 2.45) is 0 Å². The Balaban J connectivity index is 1.83. The van der Waals surface area contributed by atoms with Gasteiger partial charge in [-0.05, 0) is 46.8 Å². The minimum absolute atomic E-state index is 0.0542. The molecule has 6 heteroatoms. The summed E-state index contributed by atoms with van der Waals surface area (Å²) in [5.41, 5.74) is 1.56.